The SMILES string of the molecule is CCC1CCCC[C@](O)(C(F)(F)F)c2nnc(o2)-c2nc(c(C(F)(F)F)cc2N)O[C@@H]1C. The third-order valence-electron chi connectivity index (χ3n) is 5.62. The summed E-state index contributed by atoms with van der Waals surface area (Å²) in [5.41, 5.74) is -0.0104. The Bertz CT molecular complexity index is 962. The Balaban J connectivity index is 2.20. The number of fused-ring (bicyclic) bond motifs is 5. The van der Waals surface area contributed by atoms with Crippen molar-refractivity contribution in [2.45, 2.75) is 70.0 Å². The summed E-state index contributed by atoms with van der Waals surface area (Å²) in [5, 5.41) is 17.1. The summed E-state index contributed by atoms with van der Waals surface area (Å²) in [6, 6.07) is 0.553. The fourth-order valence-electron chi connectivity index (χ4n) is 3.66. The van der Waals surface area contributed by atoms with E-state index in [-0.39, 0.29) is 18.8 Å². The zero-order valence-electron chi connectivity index (χ0n) is 17.2. The van der Waals surface area contributed by atoms with Gasteiger partial charge in [0.1, 0.15) is 11.7 Å². The Morgan fingerprint density at radius 2 is 1.88 bits per heavy atom. The number of hydrogen-bond donors (Lipinski definition) is 2. The highest BCUT2D eigenvalue weighted by atomic mass is 19.4. The first-order chi connectivity index (χ1) is 14.8. The molecule has 4 bridgehead atoms. The lowest BCUT2D eigenvalue weighted by molar-refractivity contribution is -0.277. The van der Waals surface area contributed by atoms with Gasteiger partial charge in [-0.3, -0.25) is 0 Å². The number of hydrogen-bond acceptors (Lipinski definition) is 7. The molecule has 1 aliphatic rings. The van der Waals surface area contributed by atoms with Crippen molar-refractivity contribution < 1.29 is 40.6 Å². The van der Waals surface area contributed by atoms with Crippen LogP contribution in [0.3, 0.4) is 0 Å². The van der Waals surface area contributed by atoms with E-state index in [1.165, 1.54) is 0 Å². The number of alkyl halides is 6. The summed E-state index contributed by atoms with van der Waals surface area (Å²) in [6.45, 7) is 3.36. The Hall–Kier alpha value is -2.57. The molecule has 2 aromatic heterocycles. The molecule has 0 amide bonds. The molecule has 1 unspecified atom stereocenters. The van der Waals surface area contributed by atoms with Gasteiger partial charge in [0.25, 0.3) is 11.8 Å². The molecule has 178 valence electrons. The Labute approximate surface area is 179 Å². The van der Waals surface area contributed by atoms with Gasteiger partial charge in [-0.05, 0) is 44.6 Å². The fourth-order valence-corrected chi connectivity index (χ4v) is 3.66. The van der Waals surface area contributed by atoms with Crippen LogP contribution in [-0.4, -0.2) is 32.6 Å². The van der Waals surface area contributed by atoms with Gasteiger partial charge in [-0.25, -0.2) is 4.98 Å². The Morgan fingerprint density at radius 1 is 1.19 bits per heavy atom. The van der Waals surface area contributed by atoms with Gasteiger partial charge in [-0.15, -0.1) is 10.2 Å². The van der Waals surface area contributed by atoms with E-state index in [2.05, 4.69) is 15.2 Å². The number of pyridine rings is 1. The van der Waals surface area contributed by atoms with Gasteiger partial charge in [0.15, 0.2) is 5.69 Å². The van der Waals surface area contributed by atoms with Crippen LogP contribution in [-0.2, 0) is 11.8 Å². The molecule has 0 fully saturated rings. The summed E-state index contributed by atoms with van der Waals surface area (Å²) in [7, 11) is 0. The number of halogens is 6. The molecule has 3 heterocycles. The van der Waals surface area contributed by atoms with Crippen LogP contribution >= 0.6 is 0 Å². The lowest BCUT2D eigenvalue weighted by Gasteiger charge is -2.28. The molecule has 0 spiro atoms. The second-order valence-corrected chi connectivity index (χ2v) is 7.78. The molecule has 0 saturated carbocycles. The van der Waals surface area contributed by atoms with E-state index in [4.69, 9.17) is 14.9 Å². The quantitative estimate of drug-likeness (QED) is 0.576. The predicted molar refractivity (Wildman–Crippen MR) is 99.2 cm³/mol. The van der Waals surface area contributed by atoms with Crippen LogP contribution < -0.4 is 10.5 Å². The lowest BCUT2D eigenvalue weighted by atomic mass is 9.90. The van der Waals surface area contributed by atoms with Crippen molar-refractivity contribution in [3.8, 4) is 17.5 Å². The van der Waals surface area contributed by atoms with Crippen molar-refractivity contribution in [2.24, 2.45) is 5.92 Å². The number of nitrogen functional groups attached to an aromatic ring is 1. The Kier molecular flexibility index (Phi) is 6.33. The smallest absolute Gasteiger partial charge is 0.426 e. The molecular formula is C19H22F6N4O3. The molecule has 1 aliphatic heterocycles. The molecular weight excluding hydrogens is 446 g/mol. The van der Waals surface area contributed by atoms with Gasteiger partial charge in [0, 0.05) is 0 Å². The lowest BCUT2D eigenvalue weighted by Crippen LogP contribution is -2.42. The second-order valence-electron chi connectivity index (χ2n) is 7.78. The number of aromatic nitrogens is 3. The minimum Gasteiger partial charge on any atom is -0.474 e. The van der Waals surface area contributed by atoms with E-state index in [1.807, 2.05) is 0 Å². The zero-order chi connectivity index (χ0) is 23.9. The molecule has 3 rings (SSSR count). The largest absolute Gasteiger partial charge is 0.474 e. The van der Waals surface area contributed by atoms with Crippen LogP contribution in [0, 0.1) is 5.92 Å². The van der Waals surface area contributed by atoms with E-state index in [0.717, 1.165) is 0 Å². The molecule has 0 aliphatic carbocycles. The predicted octanol–water partition coefficient (Wildman–Crippen LogP) is 4.85. The normalized spacial score (nSPS) is 25.2. The number of rotatable bonds is 1. The van der Waals surface area contributed by atoms with E-state index < -0.39 is 65.1 Å². The third-order valence-corrected chi connectivity index (χ3v) is 5.62. The first-order valence-electron chi connectivity index (χ1n) is 9.95. The Morgan fingerprint density at radius 3 is 2.47 bits per heavy atom. The van der Waals surface area contributed by atoms with E-state index >= 15 is 0 Å². The van der Waals surface area contributed by atoms with E-state index in [1.54, 1.807) is 13.8 Å². The number of aliphatic hydroxyl groups is 1. The minimum absolute atomic E-state index is 0.0452. The van der Waals surface area contributed by atoms with Gasteiger partial charge >= 0.3 is 12.4 Å². The van der Waals surface area contributed by atoms with Gasteiger partial charge in [-0.1, -0.05) is 13.3 Å². The van der Waals surface area contributed by atoms with Gasteiger partial charge < -0.3 is 20.0 Å². The summed E-state index contributed by atoms with van der Waals surface area (Å²) in [6.07, 6.45) is -10.3. The van der Waals surface area contributed by atoms with Crippen molar-refractivity contribution in [1.29, 1.82) is 0 Å². The highest BCUT2D eigenvalue weighted by molar-refractivity contribution is 5.68. The molecule has 0 radical (unpaired) electrons. The molecule has 2 aromatic rings. The maximum atomic E-state index is 13.7. The zero-order valence-corrected chi connectivity index (χ0v) is 17.2. The topological polar surface area (TPSA) is 107 Å². The highest BCUT2D eigenvalue weighted by Gasteiger charge is 2.58. The maximum absolute atomic E-state index is 13.7. The average Bonchev–Trinajstić information content (AvgIpc) is 3.16. The van der Waals surface area contributed by atoms with Crippen molar-refractivity contribution in [1.82, 2.24) is 15.2 Å². The maximum Gasteiger partial charge on any atom is 0.426 e. The number of nitrogens with two attached hydrogens (primary N) is 1. The van der Waals surface area contributed by atoms with Crippen molar-refractivity contribution in [3.05, 3.63) is 17.5 Å². The van der Waals surface area contributed by atoms with Crippen LogP contribution in [0.1, 0.15) is 57.4 Å². The van der Waals surface area contributed by atoms with Crippen LogP contribution in [0.15, 0.2) is 10.5 Å². The van der Waals surface area contributed by atoms with Crippen molar-refractivity contribution >= 4 is 5.69 Å². The summed E-state index contributed by atoms with van der Waals surface area (Å²) >= 11 is 0. The standard InChI is InChI=1S/C19H22F6N4O3/c1-3-10-6-4-5-7-17(30,19(23,24)25)16-29-28-15(32-16)13-12(26)8-11(18(20,21)22)14(27-13)31-9(10)2/h8-10,30H,3-7,26H2,1-2H3/t9-,10?,17-/m1/s1. The summed E-state index contributed by atoms with van der Waals surface area (Å²) in [4.78, 5) is 3.77. The van der Waals surface area contributed by atoms with Gasteiger partial charge in [0.05, 0.1) is 5.69 Å². The van der Waals surface area contributed by atoms with E-state index in [0.29, 0.717) is 18.9 Å². The first kappa shape index (κ1) is 24.1. The highest BCUT2D eigenvalue weighted by Crippen LogP contribution is 2.44. The molecule has 3 atom stereocenters. The van der Waals surface area contributed by atoms with Crippen LogP contribution in [0.5, 0.6) is 5.88 Å². The molecule has 3 N–H and O–H groups in total. The third kappa shape index (κ3) is 4.48. The number of nitrogens with zero attached hydrogens (tertiary/aromatic N) is 3. The van der Waals surface area contributed by atoms with Gasteiger partial charge in [-0.2, -0.15) is 26.3 Å². The van der Waals surface area contributed by atoms with E-state index in [9.17, 15) is 31.4 Å². The average molecular weight is 468 g/mol. The van der Waals surface area contributed by atoms with Gasteiger partial charge in [0.2, 0.25) is 11.5 Å². The van der Waals surface area contributed by atoms with Crippen LogP contribution in [0.4, 0.5) is 32.0 Å². The molecule has 32 heavy (non-hydrogen) atoms. The number of anilines is 1. The van der Waals surface area contributed by atoms with Crippen LogP contribution in [0.25, 0.3) is 11.6 Å². The second kappa shape index (κ2) is 8.41. The minimum atomic E-state index is -5.13. The first-order valence-corrected chi connectivity index (χ1v) is 9.95. The van der Waals surface area contributed by atoms with Crippen LogP contribution in [0.2, 0.25) is 0 Å². The summed E-state index contributed by atoms with van der Waals surface area (Å²) < 4.78 is 92.3. The van der Waals surface area contributed by atoms with Crippen molar-refractivity contribution in [2.75, 3.05) is 5.73 Å². The molecule has 13 heteroatoms. The van der Waals surface area contributed by atoms with Crippen molar-refractivity contribution in [3.63, 3.8) is 0 Å². The monoisotopic (exact) mass is 468 g/mol. The number of ether oxygens (including phenoxy) is 1. The molecule has 7 nitrogen and oxygen atoms in total. The molecule has 0 saturated heterocycles. The molecule has 0 aromatic carbocycles. The summed E-state index contributed by atoms with van der Waals surface area (Å²) in [5.74, 6) is -2.87. The fraction of sp³-hybridized carbons (Fsp3) is 0.632.